The highest BCUT2D eigenvalue weighted by Gasteiger charge is 2.26. The number of amides is 1. The van der Waals surface area contributed by atoms with Crippen LogP contribution in [-0.4, -0.2) is 28.5 Å². The Morgan fingerprint density at radius 1 is 1.37 bits per heavy atom. The first-order valence-corrected chi connectivity index (χ1v) is 7.03. The smallest absolute Gasteiger partial charge is 0.256 e. The predicted octanol–water partition coefficient (Wildman–Crippen LogP) is 2.77. The lowest BCUT2D eigenvalue weighted by molar-refractivity contribution is 0.0648. The number of nitrogens with two attached hydrogens (primary N) is 1. The van der Waals surface area contributed by atoms with Crippen molar-refractivity contribution in [2.45, 2.75) is 45.1 Å². The minimum absolute atomic E-state index is 0.0669. The third-order valence-corrected chi connectivity index (χ3v) is 3.88. The van der Waals surface area contributed by atoms with Crippen LogP contribution in [0.25, 0.3) is 0 Å². The standard InChI is InChI=1S/C15H22N2O2/c1-2-17(11-6-4-3-5-7-11)15(19)13-10-12(18)8-9-14(13)16/h8-11,18H,2-7,16H2,1H3. The fourth-order valence-electron chi connectivity index (χ4n) is 2.84. The zero-order valence-corrected chi connectivity index (χ0v) is 11.4. The van der Waals surface area contributed by atoms with E-state index in [9.17, 15) is 9.90 Å². The third kappa shape index (κ3) is 3.00. The lowest BCUT2D eigenvalue weighted by Gasteiger charge is -2.34. The van der Waals surface area contributed by atoms with E-state index in [0.717, 1.165) is 12.8 Å². The molecule has 0 saturated heterocycles. The Bertz CT molecular complexity index is 453. The summed E-state index contributed by atoms with van der Waals surface area (Å²) >= 11 is 0. The van der Waals surface area contributed by atoms with E-state index in [1.165, 1.54) is 31.4 Å². The number of phenolic OH excluding ortho intramolecular Hbond substituents is 1. The van der Waals surface area contributed by atoms with Crippen LogP contribution in [-0.2, 0) is 0 Å². The monoisotopic (exact) mass is 262 g/mol. The molecule has 0 aromatic heterocycles. The van der Waals surface area contributed by atoms with Crippen molar-refractivity contribution in [3.05, 3.63) is 23.8 Å². The Morgan fingerprint density at radius 2 is 2.05 bits per heavy atom. The van der Waals surface area contributed by atoms with Gasteiger partial charge in [-0.1, -0.05) is 19.3 Å². The second kappa shape index (κ2) is 5.95. The van der Waals surface area contributed by atoms with Crippen molar-refractivity contribution in [3.63, 3.8) is 0 Å². The molecule has 0 heterocycles. The van der Waals surface area contributed by atoms with Gasteiger partial charge in [-0.15, -0.1) is 0 Å². The molecule has 1 aliphatic rings. The van der Waals surface area contributed by atoms with Gasteiger partial charge in [0.25, 0.3) is 5.91 Å². The number of aromatic hydroxyl groups is 1. The molecule has 1 aromatic carbocycles. The highest BCUT2D eigenvalue weighted by molar-refractivity contribution is 5.99. The van der Waals surface area contributed by atoms with Crippen molar-refractivity contribution in [2.24, 2.45) is 0 Å². The van der Waals surface area contributed by atoms with E-state index in [2.05, 4.69) is 0 Å². The normalized spacial score (nSPS) is 16.3. The van der Waals surface area contributed by atoms with Crippen molar-refractivity contribution in [1.82, 2.24) is 4.90 Å². The molecule has 3 N–H and O–H groups in total. The summed E-state index contributed by atoms with van der Waals surface area (Å²) in [6, 6.07) is 4.86. The number of anilines is 1. The maximum atomic E-state index is 12.6. The fourth-order valence-corrected chi connectivity index (χ4v) is 2.84. The predicted molar refractivity (Wildman–Crippen MR) is 76.1 cm³/mol. The number of hydrogen-bond donors (Lipinski definition) is 2. The van der Waals surface area contributed by atoms with Gasteiger partial charge in [0.2, 0.25) is 0 Å². The van der Waals surface area contributed by atoms with Crippen molar-refractivity contribution in [1.29, 1.82) is 0 Å². The SMILES string of the molecule is CCN(C(=O)c1cc(O)ccc1N)C1CCCCC1. The molecule has 104 valence electrons. The summed E-state index contributed by atoms with van der Waals surface area (Å²) in [6.45, 7) is 2.67. The molecule has 1 aromatic rings. The van der Waals surface area contributed by atoms with E-state index >= 15 is 0 Å². The highest BCUT2D eigenvalue weighted by atomic mass is 16.3. The van der Waals surface area contributed by atoms with Crippen LogP contribution in [0.3, 0.4) is 0 Å². The van der Waals surface area contributed by atoms with Gasteiger partial charge in [0.15, 0.2) is 0 Å². The van der Waals surface area contributed by atoms with E-state index in [1.807, 2.05) is 11.8 Å². The van der Waals surface area contributed by atoms with Crippen LogP contribution >= 0.6 is 0 Å². The molecular formula is C15H22N2O2. The molecule has 1 amide bonds. The summed E-state index contributed by atoms with van der Waals surface area (Å²) in [4.78, 5) is 14.5. The molecule has 0 radical (unpaired) electrons. The number of benzene rings is 1. The molecular weight excluding hydrogens is 240 g/mol. The topological polar surface area (TPSA) is 66.6 Å². The maximum absolute atomic E-state index is 12.6. The quantitative estimate of drug-likeness (QED) is 0.650. The summed E-state index contributed by atoms with van der Waals surface area (Å²) in [5.74, 6) is 0.0139. The maximum Gasteiger partial charge on any atom is 0.256 e. The summed E-state index contributed by atoms with van der Waals surface area (Å²) in [5.41, 5.74) is 6.69. The zero-order valence-electron chi connectivity index (χ0n) is 11.4. The van der Waals surface area contributed by atoms with Crippen LogP contribution in [0, 0.1) is 0 Å². The molecule has 2 rings (SSSR count). The van der Waals surface area contributed by atoms with Gasteiger partial charge in [-0.3, -0.25) is 4.79 Å². The summed E-state index contributed by atoms with van der Waals surface area (Å²) in [7, 11) is 0. The van der Waals surface area contributed by atoms with Crippen molar-refractivity contribution in [2.75, 3.05) is 12.3 Å². The Balaban J connectivity index is 2.22. The summed E-state index contributed by atoms with van der Waals surface area (Å²) in [5, 5.41) is 9.52. The van der Waals surface area contributed by atoms with Crippen molar-refractivity contribution < 1.29 is 9.90 Å². The molecule has 4 heteroatoms. The van der Waals surface area contributed by atoms with E-state index < -0.39 is 0 Å². The van der Waals surface area contributed by atoms with Gasteiger partial charge in [-0.2, -0.15) is 0 Å². The van der Waals surface area contributed by atoms with Crippen LogP contribution < -0.4 is 5.73 Å². The van der Waals surface area contributed by atoms with E-state index in [0.29, 0.717) is 23.8 Å². The Hall–Kier alpha value is -1.71. The van der Waals surface area contributed by atoms with Gasteiger partial charge in [0.1, 0.15) is 5.75 Å². The van der Waals surface area contributed by atoms with Gasteiger partial charge < -0.3 is 15.7 Å². The Kier molecular flexibility index (Phi) is 4.30. The second-order valence-corrected chi connectivity index (χ2v) is 5.15. The summed E-state index contributed by atoms with van der Waals surface area (Å²) < 4.78 is 0. The highest BCUT2D eigenvalue weighted by Crippen LogP contribution is 2.26. The first-order valence-electron chi connectivity index (χ1n) is 7.03. The molecule has 19 heavy (non-hydrogen) atoms. The minimum atomic E-state index is -0.0669. The molecule has 4 nitrogen and oxygen atoms in total. The van der Waals surface area contributed by atoms with Gasteiger partial charge in [0, 0.05) is 18.3 Å². The zero-order chi connectivity index (χ0) is 13.8. The van der Waals surface area contributed by atoms with E-state index in [-0.39, 0.29) is 11.7 Å². The molecule has 0 unspecified atom stereocenters. The van der Waals surface area contributed by atoms with Gasteiger partial charge >= 0.3 is 0 Å². The van der Waals surface area contributed by atoms with E-state index in [4.69, 9.17) is 5.73 Å². The number of nitrogens with zero attached hydrogens (tertiary/aromatic N) is 1. The Labute approximate surface area is 114 Å². The molecule has 1 aliphatic carbocycles. The van der Waals surface area contributed by atoms with Gasteiger partial charge in [0.05, 0.1) is 5.56 Å². The fraction of sp³-hybridized carbons (Fsp3) is 0.533. The van der Waals surface area contributed by atoms with Crippen LogP contribution in [0.1, 0.15) is 49.4 Å². The lowest BCUT2D eigenvalue weighted by Crippen LogP contribution is -2.41. The number of nitrogen functional groups attached to an aromatic ring is 1. The van der Waals surface area contributed by atoms with Gasteiger partial charge in [-0.05, 0) is 38.0 Å². The van der Waals surface area contributed by atoms with Crippen LogP contribution in [0.2, 0.25) is 0 Å². The number of hydrogen-bond acceptors (Lipinski definition) is 3. The number of phenols is 1. The largest absolute Gasteiger partial charge is 0.508 e. The molecule has 0 atom stereocenters. The van der Waals surface area contributed by atoms with E-state index in [1.54, 1.807) is 6.07 Å². The Morgan fingerprint density at radius 3 is 2.68 bits per heavy atom. The van der Waals surface area contributed by atoms with Crippen molar-refractivity contribution in [3.8, 4) is 5.75 Å². The second-order valence-electron chi connectivity index (χ2n) is 5.15. The minimum Gasteiger partial charge on any atom is -0.508 e. The first kappa shape index (κ1) is 13.7. The summed E-state index contributed by atoms with van der Waals surface area (Å²) in [6.07, 6.45) is 5.76. The van der Waals surface area contributed by atoms with Gasteiger partial charge in [-0.25, -0.2) is 0 Å². The van der Waals surface area contributed by atoms with Crippen LogP contribution in [0.4, 0.5) is 5.69 Å². The average Bonchev–Trinajstić information content (AvgIpc) is 2.43. The van der Waals surface area contributed by atoms with Crippen LogP contribution in [0.5, 0.6) is 5.75 Å². The number of carbonyl (C=O) groups excluding carboxylic acids is 1. The number of carbonyl (C=O) groups is 1. The van der Waals surface area contributed by atoms with Crippen molar-refractivity contribution >= 4 is 11.6 Å². The van der Waals surface area contributed by atoms with Crippen LogP contribution in [0.15, 0.2) is 18.2 Å². The third-order valence-electron chi connectivity index (χ3n) is 3.88. The lowest BCUT2D eigenvalue weighted by atomic mass is 9.93. The molecule has 1 saturated carbocycles. The molecule has 0 bridgehead atoms. The molecule has 0 aliphatic heterocycles. The molecule has 0 spiro atoms. The number of rotatable bonds is 3. The average molecular weight is 262 g/mol. The first-order chi connectivity index (χ1) is 9.13. The molecule has 1 fully saturated rings.